The van der Waals surface area contributed by atoms with Gasteiger partial charge < -0.3 is 35.5 Å². The SMILES string of the molecule is Nc1nc2c(ncn2[C@@H]2SC[C@](F)(CCO)[C@H]2OP(O)(=S)OC[C@@]23CO[C@@H]([C@H](n4cnc5c(N)ncnc54)O2)[C@@H]3O[P+](=O)O)c(=O)[nH]1. The van der Waals surface area contributed by atoms with Gasteiger partial charge >= 0.3 is 15.0 Å². The molecule has 3 fully saturated rings. The Balaban J connectivity index is 1.16. The largest absolute Gasteiger partial charge is 0.695 e. The molecule has 4 aromatic rings. The summed E-state index contributed by atoms with van der Waals surface area (Å²) < 4.78 is 60.1. The number of nitrogens with one attached hydrogen (secondary N) is 1. The van der Waals surface area contributed by atoms with Crippen LogP contribution in [0.3, 0.4) is 0 Å². The third kappa shape index (κ3) is 5.63. The van der Waals surface area contributed by atoms with Crippen LogP contribution in [0.15, 0.2) is 23.8 Å². The fraction of sp³-hybridized carbons (Fsp3) is 0.545. The smallest absolute Gasteiger partial charge is 0.396 e. The minimum atomic E-state index is -4.37. The highest BCUT2D eigenvalue weighted by atomic mass is 32.5. The van der Waals surface area contributed by atoms with Gasteiger partial charge in [0.05, 0.1) is 25.9 Å². The number of ether oxygens (including phenoxy) is 2. The van der Waals surface area contributed by atoms with E-state index in [1.165, 1.54) is 28.1 Å². The Morgan fingerprint density at radius 2 is 1.98 bits per heavy atom. The van der Waals surface area contributed by atoms with Gasteiger partial charge in [-0.2, -0.15) is 4.98 Å². The van der Waals surface area contributed by atoms with Crippen molar-refractivity contribution in [3.8, 4) is 0 Å². The molecular weight excluding hydrogens is 709 g/mol. The molecule has 0 saturated carbocycles. The van der Waals surface area contributed by atoms with Gasteiger partial charge in [-0.15, -0.1) is 21.2 Å². The van der Waals surface area contributed by atoms with Crippen LogP contribution in [0, 0.1) is 0 Å². The molecule has 20 nitrogen and oxygen atoms in total. The number of H-pyrrole nitrogens is 1. The Kier molecular flexibility index (Phi) is 8.34. The van der Waals surface area contributed by atoms with Gasteiger partial charge in [-0.3, -0.25) is 23.4 Å². The number of rotatable bonds is 11. The highest BCUT2D eigenvalue weighted by Crippen LogP contribution is 2.58. The number of hydrogen-bond donors (Lipinski definition) is 6. The van der Waals surface area contributed by atoms with Gasteiger partial charge in [-0.05, 0) is 11.8 Å². The van der Waals surface area contributed by atoms with E-state index in [0.29, 0.717) is 0 Å². The molecular formula is C22H26FN10O10P2S2+. The van der Waals surface area contributed by atoms with Crippen LogP contribution < -0.4 is 17.0 Å². The minimum absolute atomic E-state index is 0.0355. The van der Waals surface area contributed by atoms with Gasteiger partial charge in [0.2, 0.25) is 5.95 Å². The molecule has 3 aliphatic heterocycles. The van der Waals surface area contributed by atoms with Gasteiger partial charge in [0.25, 0.3) is 5.56 Å². The summed E-state index contributed by atoms with van der Waals surface area (Å²) in [6.45, 7) is -5.70. The van der Waals surface area contributed by atoms with Crippen molar-refractivity contribution in [3.05, 3.63) is 29.3 Å². The molecule has 3 saturated heterocycles. The van der Waals surface area contributed by atoms with E-state index in [2.05, 4.69) is 29.9 Å². The quantitative estimate of drug-likeness (QED) is 0.109. The summed E-state index contributed by atoms with van der Waals surface area (Å²) in [5, 5.41) is 8.67. The molecule has 0 spiro atoms. The van der Waals surface area contributed by atoms with Gasteiger partial charge in [0.1, 0.15) is 29.4 Å². The van der Waals surface area contributed by atoms with Crippen LogP contribution in [0.25, 0.3) is 22.3 Å². The van der Waals surface area contributed by atoms with Gasteiger partial charge in [0, 0.05) is 23.3 Å². The Hall–Kier alpha value is -2.79. The molecule has 0 radical (unpaired) electrons. The van der Waals surface area contributed by atoms with Crippen LogP contribution in [0.5, 0.6) is 0 Å². The average molecular weight is 736 g/mol. The lowest BCUT2D eigenvalue weighted by Gasteiger charge is -2.34. The topological polar surface area (TPSA) is 283 Å². The number of hydrogen-bond acceptors (Lipinski definition) is 17. The van der Waals surface area contributed by atoms with Gasteiger partial charge in [-0.1, -0.05) is 0 Å². The summed E-state index contributed by atoms with van der Waals surface area (Å²) in [6, 6.07) is 0. The van der Waals surface area contributed by atoms with Crippen molar-refractivity contribution in [2.24, 2.45) is 0 Å². The maximum atomic E-state index is 16.4. The Bertz CT molecular complexity index is 1990. The monoisotopic (exact) mass is 735 g/mol. The number of aromatic nitrogens is 8. The third-order valence-electron chi connectivity index (χ3n) is 8.07. The predicted octanol–water partition coefficient (Wildman–Crippen LogP) is -0.220. The standard InChI is InChI=1S/C22H25FN10O10P2S2/c23-21(1-2-34)5-47-19(33-8-29-10-16(33)30-20(25)31-17(10)35)13(21)43-45(38,46)40-4-22-3-39-11(12(22)42-44(36)37)18(41-22)32-7-28-9-14(24)26-6-27-15(9)32/h6-8,11-13,18-19,34H,1-5H2,(H6-,24,25,26,27,30,31,35,36,37,38,46)/p+1/t11-,12+,13+,18-,19-,21-,22-,45?/m1/s1. The van der Waals surface area contributed by atoms with Gasteiger partial charge in [0.15, 0.2) is 46.2 Å². The summed E-state index contributed by atoms with van der Waals surface area (Å²) in [4.78, 5) is 56.2. The summed E-state index contributed by atoms with van der Waals surface area (Å²) in [6.07, 6.45) is -1.22. The van der Waals surface area contributed by atoms with Crippen molar-refractivity contribution in [2.75, 3.05) is 37.0 Å². The second-order valence-corrected chi connectivity index (χ2v) is 15.5. The maximum Gasteiger partial charge on any atom is 0.695 e. The molecule has 7 rings (SSSR count). The average Bonchev–Trinajstić information content (AvgIpc) is 3.81. The molecule has 7 heterocycles. The number of aromatic amines is 1. The summed E-state index contributed by atoms with van der Waals surface area (Å²) in [7, 11) is -3.16. The lowest BCUT2D eigenvalue weighted by molar-refractivity contribution is -0.183. The normalized spacial score (nSPS) is 32.0. The number of nitrogens with two attached hydrogens (primary N) is 2. The second kappa shape index (κ2) is 12.0. The fourth-order valence-electron chi connectivity index (χ4n) is 5.95. The number of anilines is 2. The van der Waals surface area contributed by atoms with E-state index >= 15 is 4.39 Å². The Morgan fingerprint density at radius 1 is 1.21 bits per heavy atom. The molecule has 0 aliphatic carbocycles. The molecule has 2 bridgehead atoms. The highest BCUT2D eigenvalue weighted by molar-refractivity contribution is 8.07. The number of alkyl halides is 1. The number of thioether (sulfide) groups is 1. The number of nitrogens with zero attached hydrogens (tertiary/aromatic N) is 7. The molecule has 3 aliphatic rings. The number of imidazole rings is 2. The first-order valence-electron chi connectivity index (χ1n) is 13.7. The first-order valence-corrected chi connectivity index (χ1v) is 18.5. The number of nitrogen functional groups attached to an aromatic ring is 2. The second-order valence-electron chi connectivity index (χ2n) is 10.9. The summed E-state index contributed by atoms with van der Waals surface area (Å²) in [5.41, 5.74) is 7.75. The molecule has 0 amide bonds. The minimum Gasteiger partial charge on any atom is -0.396 e. The Labute approximate surface area is 272 Å². The van der Waals surface area contributed by atoms with E-state index in [-0.39, 0.29) is 52.9 Å². The van der Waals surface area contributed by atoms with Crippen molar-refractivity contribution in [2.45, 2.75) is 47.6 Å². The predicted molar refractivity (Wildman–Crippen MR) is 164 cm³/mol. The first kappa shape index (κ1) is 32.7. The van der Waals surface area contributed by atoms with Crippen molar-refractivity contribution >= 4 is 72.6 Å². The van der Waals surface area contributed by atoms with Crippen LogP contribution in [0.4, 0.5) is 16.2 Å². The van der Waals surface area contributed by atoms with Crippen molar-refractivity contribution in [1.29, 1.82) is 0 Å². The molecule has 8 N–H and O–H groups in total. The molecule has 9 atom stereocenters. The lowest BCUT2D eigenvalue weighted by atomic mass is 9.97. The molecule has 25 heteroatoms. The molecule has 252 valence electrons. The zero-order chi connectivity index (χ0) is 33.3. The van der Waals surface area contributed by atoms with E-state index in [0.717, 1.165) is 11.8 Å². The zero-order valence-corrected chi connectivity index (χ0v) is 27.1. The number of halogens is 1. The van der Waals surface area contributed by atoms with Crippen molar-refractivity contribution in [3.63, 3.8) is 0 Å². The lowest BCUT2D eigenvalue weighted by Crippen LogP contribution is -2.46. The third-order valence-corrected chi connectivity index (χ3v) is 11.5. The van der Waals surface area contributed by atoms with Crippen LogP contribution in [0.1, 0.15) is 18.0 Å². The maximum absolute atomic E-state index is 16.4. The Morgan fingerprint density at radius 3 is 2.74 bits per heavy atom. The fourth-order valence-corrected chi connectivity index (χ4v) is 9.55. The molecule has 47 heavy (non-hydrogen) atoms. The first-order chi connectivity index (χ1) is 22.3. The van der Waals surface area contributed by atoms with E-state index in [9.17, 15) is 24.3 Å². The molecule has 4 aromatic heterocycles. The summed E-state index contributed by atoms with van der Waals surface area (Å²) in [5.74, 6) is -0.273. The number of aliphatic hydroxyl groups is 1. The summed E-state index contributed by atoms with van der Waals surface area (Å²) >= 11 is 6.38. The van der Waals surface area contributed by atoms with E-state index in [1.807, 2.05) is 0 Å². The van der Waals surface area contributed by atoms with Crippen LogP contribution in [-0.2, 0) is 39.4 Å². The van der Waals surface area contributed by atoms with Crippen LogP contribution in [-0.4, -0.2) is 109 Å². The zero-order valence-electron chi connectivity index (χ0n) is 23.7. The van der Waals surface area contributed by atoms with Gasteiger partial charge in [-0.25, -0.2) is 24.3 Å². The molecule has 2 unspecified atom stereocenters. The van der Waals surface area contributed by atoms with Crippen molar-refractivity contribution in [1.82, 2.24) is 39.0 Å². The number of aliphatic hydroxyl groups excluding tert-OH is 1. The van der Waals surface area contributed by atoms with Crippen molar-refractivity contribution < 1.29 is 46.9 Å². The highest BCUT2D eigenvalue weighted by Gasteiger charge is 2.67. The van der Waals surface area contributed by atoms with Crippen LogP contribution >= 0.6 is 26.7 Å². The van der Waals surface area contributed by atoms with E-state index in [1.54, 1.807) is 0 Å². The van der Waals surface area contributed by atoms with E-state index < -0.39 is 74.9 Å². The molecule has 0 aromatic carbocycles. The number of fused-ring (bicyclic) bond motifs is 4. The van der Waals surface area contributed by atoms with E-state index in [4.69, 9.17) is 46.3 Å². The van der Waals surface area contributed by atoms with Crippen LogP contribution in [0.2, 0.25) is 0 Å².